The van der Waals surface area contributed by atoms with Gasteiger partial charge in [-0.3, -0.25) is 24.0 Å². The van der Waals surface area contributed by atoms with Crippen LogP contribution in [0.4, 0.5) is 14.0 Å². The SMILES string of the molecule is Cc1ccccc1CS(=O)(=O)NC(=O)[C@@]12C[C@@H]1/C=C\CCCCC[C@H](NC(=O)OC(C)(C)C)C(=O)N1C[C@H](OC(=O)N3Cc4cccc(F)c4C3)C[C@H]1C(=O)N2. The van der Waals surface area contributed by atoms with Crippen LogP contribution in [-0.2, 0) is 52.7 Å². The van der Waals surface area contributed by atoms with Gasteiger partial charge >= 0.3 is 12.2 Å². The first-order valence-corrected chi connectivity index (χ1v) is 20.7. The highest BCUT2D eigenvalue weighted by Crippen LogP contribution is 2.46. The van der Waals surface area contributed by atoms with Gasteiger partial charge in [0.1, 0.15) is 35.1 Å². The fourth-order valence-corrected chi connectivity index (χ4v) is 8.86. The summed E-state index contributed by atoms with van der Waals surface area (Å²) in [7, 11) is -4.19. The molecule has 3 aliphatic heterocycles. The number of hydrogen-bond acceptors (Lipinski definition) is 9. The number of fused-ring (bicyclic) bond motifs is 3. The number of allylic oxidation sites excluding steroid dienone is 1. The molecule has 3 heterocycles. The van der Waals surface area contributed by atoms with Gasteiger partial charge in [-0.25, -0.2) is 22.4 Å². The molecule has 0 aromatic heterocycles. The predicted octanol–water partition coefficient (Wildman–Crippen LogP) is 4.49. The summed E-state index contributed by atoms with van der Waals surface area (Å²) in [4.78, 5) is 71.6. The van der Waals surface area contributed by atoms with Crippen LogP contribution in [0.3, 0.4) is 0 Å². The van der Waals surface area contributed by atoms with Gasteiger partial charge < -0.3 is 25.0 Å². The number of alkyl carbamates (subject to hydrolysis) is 1. The second-order valence-corrected chi connectivity index (χ2v) is 17.9. The van der Waals surface area contributed by atoms with Crippen LogP contribution < -0.4 is 15.4 Å². The van der Waals surface area contributed by atoms with Crippen LogP contribution in [0, 0.1) is 18.7 Å². The second kappa shape index (κ2) is 16.2. The van der Waals surface area contributed by atoms with E-state index in [-0.39, 0.29) is 38.9 Å². The molecule has 2 fully saturated rings. The van der Waals surface area contributed by atoms with E-state index in [0.717, 1.165) is 12.0 Å². The average Bonchev–Trinajstić information content (AvgIpc) is 3.40. The molecule has 5 atom stereocenters. The highest BCUT2D eigenvalue weighted by atomic mass is 32.2. The van der Waals surface area contributed by atoms with Crippen molar-refractivity contribution < 1.29 is 46.3 Å². The Balaban J connectivity index is 1.25. The smallest absolute Gasteiger partial charge is 0.410 e. The predicted molar refractivity (Wildman–Crippen MR) is 202 cm³/mol. The average molecular weight is 796 g/mol. The first kappa shape index (κ1) is 40.7. The van der Waals surface area contributed by atoms with E-state index >= 15 is 0 Å². The number of carbonyl (C=O) groups is 5. The summed E-state index contributed by atoms with van der Waals surface area (Å²) in [6.45, 7) is 6.73. The Kier molecular flexibility index (Phi) is 11.8. The molecule has 3 N–H and O–H groups in total. The van der Waals surface area contributed by atoms with E-state index < -0.39 is 86.7 Å². The molecule has 6 rings (SSSR count). The summed E-state index contributed by atoms with van der Waals surface area (Å²) in [6, 6.07) is 9.15. The highest BCUT2D eigenvalue weighted by molar-refractivity contribution is 7.89. The van der Waals surface area contributed by atoms with Gasteiger partial charge in [0, 0.05) is 24.4 Å². The lowest BCUT2D eigenvalue weighted by Crippen LogP contribution is -2.58. The van der Waals surface area contributed by atoms with Gasteiger partial charge in [-0.1, -0.05) is 61.4 Å². The Morgan fingerprint density at radius 1 is 1.04 bits per heavy atom. The van der Waals surface area contributed by atoms with Crippen molar-refractivity contribution in [2.45, 2.75) is 121 Å². The number of ether oxygens (including phenoxy) is 2. The lowest BCUT2D eigenvalue weighted by Gasteiger charge is -2.30. The molecule has 5 amide bonds. The molecule has 56 heavy (non-hydrogen) atoms. The van der Waals surface area contributed by atoms with Gasteiger partial charge in [0.15, 0.2) is 0 Å². The Bertz CT molecular complexity index is 2020. The van der Waals surface area contributed by atoms with E-state index in [4.69, 9.17) is 9.47 Å². The molecule has 0 radical (unpaired) electrons. The number of carbonyl (C=O) groups excluding carboxylic acids is 5. The van der Waals surface area contributed by atoms with Gasteiger partial charge in [-0.15, -0.1) is 0 Å². The first-order chi connectivity index (χ1) is 26.4. The van der Waals surface area contributed by atoms with Crippen molar-refractivity contribution >= 4 is 39.9 Å². The van der Waals surface area contributed by atoms with Gasteiger partial charge in [0.2, 0.25) is 21.8 Å². The topological polar surface area (TPSA) is 181 Å². The molecular weight excluding hydrogens is 746 g/mol. The number of amides is 5. The van der Waals surface area contributed by atoms with Crippen LogP contribution in [-0.4, -0.2) is 84.0 Å². The zero-order valence-corrected chi connectivity index (χ0v) is 33.0. The summed E-state index contributed by atoms with van der Waals surface area (Å²) < 4.78 is 54.5. The van der Waals surface area contributed by atoms with Crippen LogP contribution >= 0.6 is 0 Å². The molecule has 0 bridgehead atoms. The van der Waals surface area contributed by atoms with E-state index in [2.05, 4.69) is 15.4 Å². The third-order valence-electron chi connectivity index (χ3n) is 10.6. The minimum atomic E-state index is -4.19. The van der Waals surface area contributed by atoms with Crippen molar-refractivity contribution in [1.29, 1.82) is 0 Å². The number of sulfonamides is 1. The minimum Gasteiger partial charge on any atom is -0.444 e. The molecular formula is C40H50FN5O9S. The number of halogens is 1. The zero-order valence-electron chi connectivity index (χ0n) is 32.1. The van der Waals surface area contributed by atoms with Crippen molar-refractivity contribution in [3.8, 4) is 0 Å². The molecule has 2 aromatic carbocycles. The third-order valence-corrected chi connectivity index (χ3v) is 11.8. The third kappa shape index (κ3) is 9.51. The van der Waals surface area contributed by atoms with E-state index in [1.165, 1.54) is 15.9 Å². The van der Waals surface area contributed by atoms with Crippen molar-refractivity contribution in [3.63, 3.8) is 0 Å². The van der Waals surface area contributed by atoms with E-state index in [1.54, 1.807) is 70.2 Å². The lowest BCUT2D eigenvalue weighted by molar-refractivity contribution is -0.141. The molecule has 1 saturated heterocycles. The zero-order chi connectivity index (χ0) is 40.4. The Morgan fingerprint density at radius 2 is 1.80 bits per heavy atom. The minimum absolute atomic E-state index is 0.0126. The number of nitrogens with zero attached hydrogens (tertiary/aromatic N) is 2. The molecule has 0 unspecified atom stereocenters. The standard InChI is InChI=1S/C40H50FN5O9S/c1-25-13-10-11-14-27(25)24-56(52,53)44-36(49)40-20-28(40)16-8-6-5-7-9-18-32(42-37(50)55-39(2,3)4)35(48)46-22-29(19-33(46)34(47)43-40)54-38(51)45-21-26-15-12-17-31(41)30(26)23-45/h8,10-17,28-29,32-33H,5-7,9,18-24H2,1-4H3,(H,42,50)(H,43,47)(H,44,49)/b16-8-/t28-,29+,32-,33-,40+/m0/s1. The van der Waals surface area contributed by atoms with Gasteiger partial charge in [0.25, 0.3) is 5.91 Å². The Hall–Kier alpha value is -4.99. The van der Waals surface area contributed by atoms with Crippen molar-refractivity contribution in [2.24, 2.45) is 5.92 Å². The van der Waals surface area contributed by atoms with E-state index in [1.807, 2.05) is 6.08 Å². The van der Waals surface area contributed by atoms with Crippen LogP contribution in [0.15, 0.2) is 54.6 Å². The summed E-state index contributed by atoms with van der Waals surface area (Å²) >= 11 is 0. The van der Waals surface area contributed by atoms with Crippen LogP contribution in [0.1, 0.15) is 88.0 Å². The van der Waals surface area contributed by atoms with E-state index in [0.29, 0.717) is 36.0 Å². The fourth-order valence-electron chi connectivity index (χ4n) is 7.59. The molecule has 1 saturated carbocycles. The maximum absolute atomic E-state index is 14.5. The summed E-state index contributed by atoms with van der Waals surface area (Å²) in [5.41, 5.74) is -0.205. The lowest BCUT2D eigenvalue weighted by atomic mass is 10.0. The van der Waals surface area contributed by atoms with Gasteiger partial charge in [-0.2, -0.15) is 0 Å². The summed E-state index contributed by atoms with van der Waals surface area (Å²) in [5, 5.41) is 5.47. The summed E-state index contributed by atoms with van der Waals surface area (Å²) in [5.74, 6) is -3.67. The Morgan fingerprint density at radius 3 is 2.54 bits per heavy atom. The van der Waals surface area contributed by atoms with Crippen molar-refractivity contribution in [2.75, 3.05) is 6.54 Å². The quantitative estimate of drug-likeness (QED) is 0.355. The Labute approximate surface area is 326 Å². The molecule has 16 heteroatoms. The van der Waals surface area contributed by atoms with E-state index in [9.17, 15) is 36.8 Å². The largest absolute Gasteiger partial charge is 0.444 e. The number of hydrogen-bond donors (Lipinski definition) is 3. The highest BCUT2D eigenvalue weighted by Gasteiger charge is 2.61. The first-order valence-electron chi connectivity index (χ1n) is 19.0. The number of nitrogens with one attached hydrogen (secondary N) is 3. The maximum Gasteiger partial charge on any atom is 0.410 e. The summed E-state index contributed by atoms with van der Waals surface area (Å²) in [6.07, 6.45) is 4.00. The molecule has 302 valence electrons. The number of aryl methyl sites for hydroxylation is 1. The van der Waals surface area contributed by atoms with Crippen molar-refractivity contribution in [3.05, 3.63) is 82.7 Å². The molecule has 14 nitrogen and oxygen atoms in total. The van der Waals surface area contributed by atoms with Gasteiger partial charge in [0.05, 0.1) is 18.8 Å². The normalized spacial score (nSPS) is 26.0. The van der Waals surface area contributed by atoms with Crippen LogP contribution in [0.25, 0.3) is 0 Å². The van der Waals surface area contributed by atoms with Crippen LogP contribution in [0.5, 0.6) is 0 Å². The molecule has 1 aliphatic carbocycles. The van der Waals surface area contributed by atoms with Gasteiger partial charge in [-0.05, 0) is 76.1 Å². The maximum atomic E-state index is 14.5. The second-order valence-electron chi connectivity index (χ2n) is 16.1. The number of benzene rings is 2. The molecule has 0 spiro atoms. The molecule has 4 aliphatic rings. The molecule has 2 aromatic rings. The van der Waals surface area contributed by atoms with Crippen LogP contribution in [0.2, 0.25) is 0 Å². The monoisotopic (exact) mass is 795 g/mol. The number of rotatable bonds is 6. The van der Waals surface area contributed by atoms with Crippen molar-refractivity contribution in [1.82, 2.24) is 25.2 Å². The fraction of sp³-hybridized carbons (Fsp3) is 0.525.